The van der Waals surface area contributed by atoms with Gasteiger partial charge in [-0.15, -0.1) is 0 Å². The molecule has 2 rings (SSSR count). The standard InChI is InChI=1S/C23H32O3/c1-6-25-21-11-7-18(8-12-21)23(4,5)19-9-13-22(14-10-19)26-16-20(24)15-17(2)3/h7-14,17,20,24H,6,15-16H2,1-5H3. The van der Waals surface area contributed by atoms with Crippen LogP contribution in [0.1, 0.15) is 52.2 Å². The minimum Gasteiger partial charge on any atom is -0.494 e. The van der Waals surface area contributed by atoms with Crippen LogP contribution in [0.3, 0.4) is 0 Å². The Kier molecular flexibility index (Phi) is 7.10. The van der Waals surface area contributed by atoms with E-state index < -0.39 is 6.10 Å². The molecule has 0 heterocycles. The lowest BCUT2D eigenvalue weighted by molar-refractivity contribution is 0.0892. The molecule has 0 aliphatic rings. The molecule has 3 nitrogen and oxygen atoms in total. The van der Waals surface area contributed by atoms with Crippen molar-refractivity contribution in [2.75, 3.05) is 13.2 Å². The van der Waals surface area contributed by atoms with Crippen LogP contribution in [0, 0.1) is 5.92 Å². The summed E-state index contributed by atoms with van der Waals surface area (Å²) in [6.07, 6.45) is 0.332. The van der Waals surface area contributed by atoms with E-state index in [1.54, 1.807) is 0 Å². The zero-order valence-electron chi connectivity index (χ0n) is 16.7. The van der Waals surface area contributed by atoms with Crippen LogP contribution in [0.15, 0.2) is 48.5 Å². The normalized spacial score (nSPS) is 12.9. The molecule has 0 aliphatic heterocycles. The van der Waals surface area contributed by atoms with Crippen molar-refractivity contribution in [2.45, 2.75) is 52.6 Å². The van der Waals surface area contributed by atoms with Crippen molar-refractivity contribution in [3.05, 3.63) is 59.7 Å². The van der Waals surface area contributed by atoms with Crippen LogP contribution in [0.2, 0.25) is 0 Å². The lowest BCUT2D eigenvalue weighted by Crippen LogP contribution is -2.20. The first-order chi connectivity index (χ1) is 12.3. The highest BCUT2D eigenvalue weighted by atomic mass is 16.5. The second-order valence-corrected chi connectivity index (χ2v) is 7.70. The Balaban J connectivity index is 2.03. The van der Waals surface area contributed by atoms with Crippen molar-refractivity contribution >= 4 is 0 Å². The second-order valence-electron chi connectivity index (χ2n) is 7.70. The number of rotatable bonds is 9. The highest BCUT2D eigenvalue weighted by molar-refractivity contribution is 5.41. The van der Waals surface area contributed by atoms with Gasteiger partial charge in [0.15, 0.2) is 0 Å². The fraction of sp³-hybridized carbons (Fsp3) is 0.478. The van der Waals surface area contributed by atoms with Crippen LogP contribution < -0.4 is 9.47 Å². The molecule has 0 aromatic heterocycles. The van der Waals surface area contributed by atoms with E-state index in [0.717, 1.165) is 17.9 Å². The predicted octanol–water partition coefficient (Wildman–Crippen LogP) is 5.20. The summed E-state index contributed by atoms with van der Waals surface area (Å²) < 4.78 is 11.2. The molecule has 0 fully saturated rings. The van der Waals surface area contributed by atoms with Gasteiger partial charge in [0, 0.05) is 5.41 Å². The number of aliphatic hydroxyl groups excluding tert-OH is 1. The van der Waals surface area contributed by atoms with E-state index in [1.807, 2.05) is 31.2 Å². The summed E-state index contributed by atoms with van der Waals surface area (Å²) in [7, 11) is 0. The van der Waals surface area contributed by atoms with Gasteiger partial charge < -0.3 is 14.6 Å². The molecular formula is C23H32O3. The third-order valence-corrected chi connectivity index (χ3v) is 4.65. The zero-order valence-corrected chi connectivity index (χ0v) is 16.7. The number of hydrogen-bond donors (Lipinski definition) is 1. The maximum absolute atomic E-state index is 9.94. The average molecular weight is 357 g/mol. The molecule has 1 N–H and O–H groups in total. The van der Waals surface area contributed by atoms with Crippen molar-refractivity contribution < 1.29 is 14.6 Å². The molecule has 0 saturated carbocycles. The molecule has 2 aromatic rings. The van der Waals surface area contributed by atoms with E-state index in [0.29, 0.717) is 19.1 Å². The third kappa shape index (κ3) is 5.50. The van der Waals surface area contributed by atoms with Gasteiger partial charge in [-0.25, -0.2) is 0 Å². The largest absolute Gasteiger partial charge is 0.494 e. The molecule has 0 aliphatic carbocycles. The highest BCUT2D eigenvalue weighted by Crippen LogP contribution is 2.33. The van der Waals surface area contributed by atoms with Crippen molar-refractivity contribution in [1.82, 2.24) is 0 Å². The average Bonchev–Trinajstić information content (AvgIpc) is 2.60. The second kappa shape index (κ2) is 9.09. The third-order valence-electron chi connectivity index (χ3n) is 4.65. The maximum Gasteiger partial charge on any atom is 0.119 e. The summed E-state index contributed by atoms with van der Waals surface area (Å²) in [5.41, 5.74) is 2.35. The first-order valence-electron chi connectivity index (χ1n) is 9.47. The van der Waals surface area contributed by atoms with Crippen LogP contribution in [-0.4, -0.2) is 24.4 Å². The van der Waals surface area contributed by atoms with Gasteiger partial charge in [0.1, 0.15) is 18.1 Å². The van der Waals surface area contributed by atoms with Gasteiger partial charge in [0.2, 0.25) is 0 Å². The fourth-order valence-electron chi connectivity index (χ4n) is 3.07. The summed E-state index contributed by atoms with van der Waals surface area (Å²) in [4.78, 5) is 0. The van der Waals surface area contributed by atoms with Gasteiger partial charge in [-0.3, -0.25) is 0 Å². The molecule has 0 spiro atoms. The first-order valence-corrected chi connectivity index (χ1v) is 9.47. The Morgan fingerprint density at radius 2 is 1.31 bits per heavy atom. The van der Waals surface area contributed by atoms with Crippen LogP contribution in [0.25, 0.3) is 0 Å². The smallest absolute Gasteiger partial charge is 0.119 e. The number of hydrogen-bond acceptors (Lipinski definition) is 3. The molecule has 0 radical (unpaired) electrons. The number of benzene rings is 2. The van der Waals surface area contributed by atoms with E-state index in [-0.39, 0.29) is 5.41 Å². The lowest BCUT2D eigenvalue weighted by Gasteiger charge is -2.26. The first kappa shape index (κ1) is 20.3. The van der Waals surface area contributed by atoms with Crippen molar-refractivity contribution in [3.8, 4) is 11.5 Å². The Hall–Kier alpha value is -2.00. The molecule has 0 amide bonds. The molecule has 142 valence electrons. The van der Waals surface area contributed by atoms with Crippen molar-refractivity contribution in [3.63, 3.8) is 0 Å². The number of aliphatic hydroxyl groups is 1. The molecule has 2 aromatic carbocycles. The molecule has 1 atom stereocenters. The van der Waals surface area contributed by atoms with Crippen LogP contribution in [-0.2, 0) is 5.41 Å². The summed E-state index contributed by atoms with van der Waals surface area (Å²) in [5.74, 6) is 2.15. The van der Waals surface area contributed by atoms with Gasteiger partial charge in [0.05, 0.1) is 12.7 Å². The van der Waals surface area contributed by atoms with Crippen molar-refractivity contribution in [1.29, 1.82) is 0 Å². The Morgan fingerprint density at radius 1 is 0.846 bits per heavy atom. The Bertz CT molecular complexity index is 657. The maximum atomic E-state index is 9.94. The van der Waals surface area contributed by atoms with Gasteiger partial charge in [-0.2, -0.15) is 0 Å². The molecule has 26 heavy (non-hydrogen) atoms. The van der Waals surface area contributed by atoms with Crippen LogP contribution in [0.5, 0.6) is 11.5 Å². The Labute approximate surface area is 158 Å². The summed E-state index contributed by atoms with van der Waals surface area (Å²) in [6.45, 7) is 11.6. The molecule has 0 bridgehead atoms. The quantitative estimate of drug-likeness (QED) is 0.671. The monoisotopic (exact) mass is 356 g/mol. The van der Waals surface area contributed by atoms with Crippen molar-refractivity contribution in [2.24, 2.45) is 5.92 Å². The van der Waals surface area contributed by atoms with E-state index >= 15 is 0 Å². The highest BCUT2D eigenvalue weighted by Gasteiger charge is 2.23. The fourth-order valence-corrected chi connectivity index (χ4v) is 3.07. The Morgan fingerprint density at radius 3 is 1.73 bits per heavy atom. The minimum absolute atomic E-state index is 0.111. The predicted molar refractivity (Wildman–Crippen MR) is 107 cm³/mol. The van der Waals surface area contributed by atoms with Gasteiger partial charge in [-0.05, 0) is 54.7 Å². The molecular weight excluding hydrogens is 324 g/mol. The number of ether oxygens (including phenoxy) is 2. The minimum atomic E-state index is -0.421. The van der Waals surface area contributed by atoms with Crippen LogP contribution >= 0.6 is 0 Å². The summed E-state index contributed by atoms with van der Waals surface area (Å²) in [6, 6.07) is 16.4. The van der Waals surface area contributed by atoms with E-state index in [4.69, 9.17) is 9.47 Å². The SMILES string of the molecule is CCOc1ccc(C(C)(C)c2ccc(OCC(O)CC(C)C)cc2)cc1. The van der Waals surface area contributed by atoms with E-state index in [9.17, 15) is 5.11 Å². The lowest BCUT2D eigenvalue weighted by atomic mass is 9.78. The summed E-state index contributed by atoms with van der Waals surface area (Å²) >= 11 is 0. The van der Waals surface area contributed by atoms with Gasteiger partial charge in [-0.1, -0.05) is 52.0 Å². The van der Waals surface area contributed by atoms with E-state index in [2.05, 4.69) is 52.0 Å². The molecule has 1 unspecified atom stereocenters. The zero-order chi connectivity index (χ0) is 19.2. The molecule has 3 heteroatoms. The van der Waals surface area contributed by atoms with Crippen LogP contribution in [0.4, 0.5) is 0 Å². The topological polar surface area (TPSA) is 38.7 Å². The van der Waals surface area contributed by atoms with E-state index in [1.165, 1.54) is 11.1 Å². The summed E-state index contributed by atoms with van der Waals surface area (Å²) in [5, 5.41) is 9.94. The molecule has 0 saturated heterocycles. The van der Waals surface area contributed by atoms with Gasteiger partial charge in [0.25, 0.3) is 0 Å². The van der Waals surface area contributed by atoms with Gasteiger partial charge >= 0.3 is 0 Å².